The molecular formula is C16H22FN5O. The molecule has 0 spiro atoms. The van der Waals surface area contributed by atoms with Crippen LogP contribution in [-0.2, 0) is 11.2 Å². The van der Waals surface area contributed by atoms with E-state index in [2.05, 4.69) is 25.6 Å². The molecule has 1 heterocycles. The van der Waals surface area contributed by atoms with Crippen molar-refractivity contribution in [2.24, 2.45) is 0 Å². The van der Waals surface area contributed by atoms with E-state index >= 15 is 0 Å². The van der Waals surface area contributed by atoms with Gasteiger partial charge in [-0.15, -0.1) is 0 Å². The van der Waals surface area contributed by atoms with Crippen molar-refractivity contribution in [1.29, 1.82) is 0 Å². The molecule has 0 aliphatic heterocycles. The molecule has 1 aromatic carbocycles. The van der Waals surface area contributed by atoms with Gasteiger partial charge in [-0.3, -0.25) is 10.1 Å². The van der Waals surface area contributed by atoms with Crippen LogP contribution in [0.2, 0.25) is 0 Å². The van der Waals surface area contributed by atoms with Crippen molar-refractivity contribution in [3.8, 4) is 0 Å². The molecule has 2 rings (SSSR count). The summed E-state index contributed by atoms with van der Waals surface area (Å²) in [4.78, 5) is 22.1. The van der Waals surface area contributed by atoms with E-state index in [1.807, 2.05) is 26.8 Å². The summed E-state index contributed by atoms with van der Waals surface area (Å²) >= 11 is 0. The van der Waals surface area contributed by atoms with Gasteiger partial charge in [0.05, 0.1) is 0 Å². The fourth-order valence-corrected chi connectivity index (χ4v) is 1.85. The van der Waals surface area contributed by atoms with E-state index in [9.17, 15) is 9.18 Å². The lowest BCUT2D eigenvalue weighted by molar-refractivity contribution is -0.105. The second-order valence-electron chi connectivity index (χ2n) is 4.57. The molecule has 0 aliphatic rings. The Morgan fingerprint density at radius 3 is 2.61 bits per heavy atom. The summed E-state index contributed by atoms with van der Waals surface area (Å²) in [6.07, 6.45) is 3.15. The largest absolute Gasteiger partial charge is 0.352 e. The fraction of sp³-hybridized carbons (Fsp3) is 0.375. The number of aromatic nitrogens is 3. The Labute approximate surface area is 135 Å². The van der Waals surface area contributed by atoms with E-state index in [4.69, 9.17) is 0 Å². The number of rotatable bonds is 7. The van der Waals surface area contributed by atoms with Crippen LogP contribution < -0.4 is 10.6 Å². The van der Waals surface area contributed by atoms with E-state index in [0.29, 0.717) is 24.3 Å². The summed E-state index contributed by atoms with van der Waals surface area (Å²) in [6, 6.07) is 6.77. The summed E-state index contributed by atoms with van der Waals surface area (Å²) in [5.74, 6) is 0.363. The molecule has 2 aromatic rings. The standard InChI is InChI=1S/C14H16FN5O.C2H6/c1-10(6-7-11-4-2-3-5-12(11)15)19-14-17-8-16-13(20-14)18-9-21;1-2/h2-5,8-10H,6-7H2,1H3,(H2,16,17,18,19,20,21);1-2H3. The highest BCUT2D eigenvalue weighted by molar-refractivity contribution is 5.66. The van der Waals surface area contributed by atoms with Gasteiger partial charge in [-0.2, -0.15) is 4.98 Å². The van der Waals surface area contributed by atoms with Gasteiger partial charge in [0, 0.05) is 6.04 Å². The number of aryl methyl sites for hydroxylation is 1. The highest BCUT2D eigenvalue weighted by atomic mass is 19.1. The molecule has 0 saturated carbocycles. The van der Waals surface area contributed by atoms with Gasteiger partial charge >= 0.3 is 0 Å². The molecule has 0 aliphatic carbocycles. The van der Waals surface area contributed by atoms with Crippen molar-refractivity contribution in [1.82, 2.24) is 15.0 Å². The van der Waals surface area contributed by atoms with Crippen LogP contribution in [-0.4, -0.2) is 27.4 Å². The van der Waals surface area contributed by atoms with Gasteiger partial charge < -0.3 is 5.32 Å². The molecular weight excluding hydrogens is 297 g/mol. The Bertz CT molecular complexity index is 609. The fourth-order valence-electron chi connectivity index (χ4n) is 1.85. The highest BCUT2D eigenvalue weighted by Crippen LogP contribution is 2.12. The number of halogens is 1. The Hall–Kier alpha value is -2.57. The van der Waals surface area contributed by atoms with Crippen LogP contribution in [0.3, 0.4) is 0 Å². The topological polar surface area (TPSA) is 79.8 Å². The third-order valence-electron chi connectivity index (χ3n) is 2.94. The zero-order valence-corrected chi connectivity index (χ0v) is 13.6. The normalized spacial score (nSPS) is 11.0. The Balaban J connectivity index is 0.00000127. The van der Waals surface area contributed by atoms with E-state index in [0.717, 1.165) is 6.42 Å². The lowest BCUT2D eigenvalue weighted by Crippen LogP contribution is -2.18. The van der Waals surface area contributed by atoms with Gasteiger partial charge in [0.15, 0.2) is 0 Å². The Kier molecular flexibility index (Phi) is 8.20. The summed E-state index contributed by atoms with van der Waals surface area (Å²) < 4.78 is 13.5. The molecule has 0 saturated heterocycles. The van der Waals surface area contributed by atoms with Crippen LogP contribution in [0.15, 0.2) is 30.6 Å². The summed E-state index contributed by atoms with van der Waals surface area (Å²) in [6.45, 7) is 5.96. The predicted molar refractivity (Wildman–Crippen MR) is 88.7 cm³/mol. The van der Waals surface area contributed by atoms with Gasteiger partial charge in [0.2, 0.25) is 18.3 Å². The first-order valence-corrected chi connectivity index (χ1v) is 7.58. The molecule has 6 nitrogen and oxygen atoms in total. The molecule has 1 atom stereocenters. The number of amides is 1. The molecule has 7 heteroatoms. The highest BCUT2D eigenvalue weighted by Gasteiger charge is 2.08. The van der Waals surface area contributed by atoms with Gasteiger partial charge in [-0.05, 0) is 31.4 Å². The third-order valence-corrected chi connectivity index (χ3v) is 2.94. The summed E-state index contributed by atoms with van der Waals surface area (Å²) in [5.41, 5.74) is 0.685. The number of nitrogens with zero attached hydrogens (tertiary/aromatic N) is 3. The molecule has 124 valence electrons. The Morgan fingerprint density at radius 1 is 1.22 bits per heavy atom. The van der Waals surface area contributed by atoms with Crippen molar-refractivity contribution in [3.05, 3.63) is 42.0 Å². The summed E-state index contributed by atoms with van der Waals surface area (Å²) in [5, 5.41) is 5.44. The molecule has 0 fully saturated rings. The predicted octanol–water partition coefficient (Wildman–Crippen LogP) is 3.04. The lowest BCUT2D eigenvalue weighted by Gasteiger charge is -2.14. The number of carbonyl (C=O) groups is 1. The van der Waals surface area contributed by atoms with Crippen LogP contribution in [0.4, 0.5) is 16.3 Å². The molecule has 1 amide bonds. The van der Waals surface area contributed by atoms with E-state index in [1.54, 1.807) is 12.1 Å². The molecule has 23 heavy (non-hydrogen) atoms. The maximum Gasteiger partial charge on any atom is 0.233 e. The second kappa shape index (κ2) is 10.2. The first kappa shape index (κ1) is 18.5. The summed E-state index contributed by atoms with van der Waals surface area (Å²) in [7, 11) is 0. The second-order valence-corrected chi connectivity index (χ2v) is 4.57. The average Bonchev–Trinajstić information content (AvgIpc) is 2.57. The SMILES string of the molecule is CC.CC(CCc1ccccc1F)Nc1ncnc(NC=O)n1. The number of carbonyl (C=O) groups excluding carboxylic acids is 1. The lowest BCUT2D eigenvalue weighted by atomic mass is 10.1. The van der Waals surface area contributed by atoms with Crippen molar-refractivity contribution >= 4 is 18.3 Å². The van der Waals surface area contributed by atoms with Gasteiger partial charge in [-0.1, -0.05) is 32.0 Å². The van der Waals surface area contributed by atoms with Crippen LogP contribution in [0, 0.1) is 5.82 Å². The van der Waals surface area contributed by atoms with Crippen LogP contribution in [0.5, 0.6) is 0 Å². The van der Waals surface area contributed by atoms with Gasteiger partial charge in [0.1, 0.15) is 12.1 Å². The molecule has 1 aromatic heterocycles. The number of nitrogens with one attached hydrogen (secondary N) is 2. The van der Waals surface area contributed by atoms with Gasteiger partial charge in [-0.25, -0.2) is 14.4 Å². The molecule has 2 N–H and O–H groups in total. The maximum absolute atomic E-state index is 13.5. The van der Waals surface area contributed by atoms with Crippen LogP contribution in [0.1, 0.15) is 32.8 Å². The third kappa shape index (κ3) is 6.37. The minimum Gasteiger partial charge on any atom is -0.352 e. The quantitative estimate of drug-likeness (QED) is 0.767. The van der Waals surface area contributed by atoms with Crippen LogP contribution in [0.25, 0.3) is 0 Å². The number of benzene rings is 1. The molecule has 0 radical (unpaired) electrons. The van der Waals surface area contributed by atoms with Crippen LogP contribution >= 0.6 is 0 Å². The average molecular weight is 319 g/mol. The van der Waals surface area contributed by atoms with Gasteiger partial charge in [0.25, 0.3) is 0 Å². The minimum atomic E-state index is -0.192. The van der Waals surface area contributed by atoms with E-state index in [1.165, 1.54) is 12.4 Å². The number of hydrogen-bond acceptors (Lipinski definition) is 5. The smallest absolute Gasteiger partial charge is 0.233 e. The van der Waals surface area contributed by atoms with E-state index in [-0.39, 0.29) is 17.8 Å². The monoisotopic (exact) mass is 319 g/mol. The van der Waals surface area contributed by atoms with Crippen molar-refractivity contribution in [2.75, 3.05) is 10.6 Å². The number of anilines is 2. The molecule has 1 unspecified atom stereocenters. The minimum absolute atomic E-state index is 0.0519. The number of hydrogen-bond donors (Lipinski definition) is 2. The molecule has 0 bridgehead atoms. The Morgan fingerprint density at radius 2 is 1.91 bits per heavy atom. The van der Waals surface area contributed by atoms with E-state index < -0.39 is 0 Å². The van der Waals surface area contributed by atoms with Crippen molar-refractivity contribution in [3.63, 3.8) is 0 Å². The zero-order chi connectivity index (χ0) is 17.1. The first-order valence-electron chi connectivity index (χ1n) is 7.58. The maximum atomic E-state index is 13.5. The van der Waals surface area contributed by atoms with Crippen molar-refractivity contribution < 1.29 is 9.18 Å². The first-order chi connectivity index (χ1) is 11.2. The zero-order valence-electron chi connectivity index (χ0n) is 13.6. The van der Waals surface area contributed by atoms with Crippen molar-refractivity contribution in [2.45, 2.75) is 39.7 Å².